The van der Waals surface area contributed by atoms with Crippen LogP contribution in [0.2, 0.25) is 0 Å². The fourth-order valence-corrected chi connectivity index (χ4v) is 0.612. The standard InChI is InChI=1S/C5H9OS/c1-2-4-7-5-3-6/h2-3,6H,1,4-5H2. The molecule has 0 rings (SSSR count). The van der Waals surface area contributed by atoms with Gasteiger partial charge in [0.1, 0.15) is 0 Å². The monoisotopic (exact) mass is 117 g/mol. The third-order valence-corrected chi connectivity index (χ3v) is 1.28. The van der Waals surface area contributed by atoms with Gasteiger partial charge in [-0.05, 0) is 0 Å². The average molecular weight is 117 g/mol. The Balaban J connectivity index is 2.56. The van der Waals surface area contributed by atoms with E-state index >= 15 is 0 Å². The molecule has 1 radical (unpaired) electrons. The van der Waals surface area contributed by atoms with Crippen LogP contribution in [0.5, 0.6) is 0 Å². The first-order chi connectivity index (χ1) is 3.41. The number of rotatable bonds is 4. The van der Waals surface area contributed by atoms with Crippen molar-refractivity contribution < 1.29 is 5.11 Å². The second-order valence-electron chi connectivity index (χ2n) is 1.01. The summed E-state index contributed by atoms with van der Waals surface area (Å²) in [6, 6.07) is 0. The van der Waals surface area contributed by atoms with Gasteiger partial charge in [0.15, 0.2) is 0 Å². The summed E-state index contributed by atoms with van der Waals surface area (Å²) in [7, 11) is 0. The summed E-state index contributed by atoms with van der Waals surface area (Å²) in [5.74, 6) is 1.61. The molecule has 0 aromatic heterocycles. The van der Waals surface area contributed by atoms with Crippen molar-refractivity contribution in [2.75, 3.05) is 11.5 Å². The van der Waals surface area contributed by atoms with Crippen molar-refractivity contribution in [3.8, 4) is 0 Å². The smallest absolute Gasteiger partial charge is 0.0897 e. The van der Waals surface area contributed by atoms with Crippen LogP contribution in [0.15, 0.2) is 12.7 Å². The van der Waals surface area contributed by atoms with Crippen LogP contribution in [0.1, 0.15) is 0 Å². The minimum atomic E-state index is 0.700. The van der Waals surface area contributed by atoms with Gasteiger partial charge in [0.2, 0.25) is 0 Å². The summed E-state index contributed by atoms with van der Waals surface area (Å²) >= 11 is 1.63. The van der Waals surface area contributed by atoms with Crippen molar-refractivity contribution in [2.24, 2.45) is 0 Å². The Hall–Kier alpha value is 0.0500. The largest absolute Gasteiger partial charge is 0.390 e. The lowest BCUT2D eigenvalue weighted by atomic mass is 10.8. The van der Waals surface area contributed by atoms with E-state index in [1.165, 1.54) is 0 Å². The van der Waals surface area contributed by atoms with Crippen LogP contribution < -0.4 is 0 Å². The lowest BCUT2D eigenvalue weighted by Gasteiger charge is -1.87. The molecule has 0 aliphatic heterocycles. The first-order valence-electron chi connectivity index (χ1n) is 2.06. The van der Waals surface area contributed by atoms with Crippen molar-refractivity contribution in [2.45, 2.75) is 0 Å². The minimum Gasteiger partial charge on any atom is -0.390 e. The molecule has 0 saturated heterocycles. The fourth-order valence-electron chi connectivity index (χ4n) is 0.204. The first kappa shape index (κ1) is 7.05. The van der Waals surface area contributed by atoms with Gasteiger partial charge in [-0.1, -0.05) is 6.08 Å². The Kier molecular flexibility index (Phi) is 6.09. The predicted octanol–water partition coefficient (Wildman–Crippen LogP) is 1.44. The zero-order valence-corrected chi connectivity index (χ0v) is 4.95. The van der Waals surface area contributed by atoms with Crippen molar-refractivity contribution in [3.63, 3.8) is 0 Å². The molecule has 0 spiro atoms. The molecule has 41 valence electrons. The van der Waals surface area contributed by atoms with Gasteiger partial charge in [0.05, 0.1) is 6.61 Å². The summed E-state index contributed by atoms with van der Waals surface area (Å²) in [6.45, 7) is 4.66. The zero-order valence-electron chi connectivity index (χ0n) is 4.13. The average Bonchev–Trinajstić information content (AvgIpc) is 1.69. The van der Waals surface area contributed by atoms with Crippen LogP contribution in [-0.4, -0.2) is 16.6 Å². The van der Waals surface area contributed by atoms with E-state index < -0.39 is 0 Å². The second kappa shape index (κ2) is 6.05. The van der Waals surface area contributed by atoms with Gasteiger partial charge in [0.25, 0.3) is 0 Å². The highest BCUT2D eigenvalue weighted by Gasteiger charge is 1.78. The number of thioether (sulfide) groups is 1. The molecule has 1 N–H and O–H groups in total. The molecule has 0 fully saturated rings. The quantitative estimate of drug-likeness (QED) is 0.444. The first-order valence-corrected chi connectivity index (χ1v) is 3.21. The Morgan fingerprint density at radius 2 is 2.29 bits per heavy atom. The minimum absolute atomic E-state index is 0.700. The molecule has 0 aliphatic carbocycles. The maximum Gasteiger partial charge on any atom is 0.0897 e. The van der Waals surface area contributed by atoms with Crippen molar-refractivity contribution in [1.29, 1.82) is 0 Å². The number of aliphatic hydroxyl groups excluding tert-OH is 1. The molecule has 0 unspecified atom stereocenters. The van der Waals surface area contributed by atoms with Gasteiger partial charge in [-0.2, -0.15) is 11.8 Å². The number of hydrogen-bond acceptors (Lipinski definition) is 2. The van der Waals surface area contributed by atoms with Crippen molar-refractivity contribution >= 4 is 11.8 Å². The number of aliphatic hydroxyl groups is 1. The summed E-state index contributed by atoms with van der Waals surface area (Å²) in [5, 5.41) is 8.11. The molecule has 1 nitrogen and oxygen atoms in total. The van der Waals surface area contributed by atoms with Gasteiger partial charge in [0, 0.05) is 11.5 Å². The van der Waals surface area contributed by atoms with E-state index in [1.807, 2.05) is 6.08 Å². The number of hydrogen-bond donors (Lipinski definition) is 1. The molecule has 7 heavy (non-hydrogen) atoms. The molecule has 0 atom stereocenters. The highest BCUT2D eigenvalue weighted by Crippen LogP contribution is 1.98. The third kappa shape index (κ3) is 6.05. The SMILES string of the molecule is C=CCSC[CH]O. The van der Waals surface area contributed by atoms with Crippen LogP contribution in [0.3, 0.4) is 0 Å². The van der Waals surface area contributed by atoms with Crippen LogP contribution in [-0.2, 0) is 0 Å². The van der Waals surface area contributed by atoms with Gasteiger partial charge in [-0.15, -0.1) is 6.58 Å². The second-order valence-corrected chi connectivity index (χ2v) is 2.08. The summed E-state index contributed by atoms with van der Waals surface area (Å²) in [4.78, 5) is 0. The van der Waals surface area contributed by atoms with E-state index in [9.17, 15) is 0 Å². The topological polar surface area (TPSA) is 20.2 Å². The molecule has 0 aromatic rings. The molecule has 0 amide bonds. The van der Waals surface area contributed by atoms with Gasteiger partial charge < -0.3 is 5.11 Å². The maximum absolute atomic E-state index is 8.11. The van der Waals surface area contributed by atoms with Crippen molar-refractivity contribution in [1.82, 2.24) is 0 Å². The van der Waals surface area contributed by atoms with E-state index in [0.29, 0.717) is 5.75 Å². The summed E-state index contributed by atoms with van der Waals surface area (Å²) in [6.07, 6.45) is 1.81. The van der Waals surface area contributed by atoms with E-state index in [4.69, 9.17) is 5.11 Å². The Morgan fingerprint density at radius 1 is 1.57 bits per heavy atom. The van der Waals surface area contributed by atoms with Crippen LogP contribution in [0.25, 0.3) is 0 Å². The molecular weight excluding hydrogens is 108 g/mol. The van der Waals surface area contributed by atoms with Gasteiger partial charge in [-0.3, -0.25) is 0 Å². The van der Waals surface area contributed by atoms with Gasteiger partial charge >= 0.3 is 0 Å². The molecular formula is C5H9OS. The van der Waals surface area contributed by atoms with E-state index in [1.54, 1.807) is 11.8 Å². The van der Waals surface area contributed by atoms with Crippen LogP contribution in [0.4, 0.5) is 0 Å². The van der Waals surface area contributed by atoms with Crippen LogP contribution in [0, 0.1) is 6.61 Å². The fraction of sp³-hybridized carbons (Fsp3) is 0.400. The third-order valence-electron chi connectivity index (χ3n) is 0.428. The molecule has 0 heterocycles. The predicted molar refractivity (Wildman–Crippen MR) is 33.8 cm³/mol. The molecule has 2 heteroatoms. The lowest BCUT2D eigenvalue weighted by Crippen LogP contribution is -1.77. The van der Waals surface area contributed by atoms with E-state index in [-0.39, 0.29) is 0 Å². The Bertz CT molecular complexity index is 45.3. The highest BCUT2D eigenvalue weighted by molar-refractivity contribution is 7.99. The lowest BCUT2D eigenvalue weighted by molar-refractivity contribution is 0.405. The molecule has 0 aliphatic rings. The van der Waals surface area contributed by atoms with E-state index in [0.717, 1.165) is 12.4 Å². The Morgan fingerprint density at radius 3 is 2.71 bits per heavy atom. The summed E-state index contributed by atoms with van der Waals surface area (Å²) < 4.78 is 0. The van der Waals surface area contributed by atoms with Crippen LogP contribution >= 0.6 is 11.8 Å². The normalized spacial score (nSPS) is 8.71. The van der Waals surface area contributed by atoms with E-state index in [2.05, 4.69) is 6.58 Å². The summed E-state index contributed by atoms with van der Waals surface area (Å²) in [5.41, 5.74) is 0. The van der Waals surface area contributed by atoms with Gasteiger partial charge in [-0.25, -0.2) is 0 Å². The zero-order chi connectivity index (χ0) is 5.54. The van der Waals surface area contributed by atoms with Crippen molar-refractivity contribution in [3.05, 3.63) is 19.3 Å². The highest BCUT2D eigenvalue weighted by atomic mass is 32.2. The molecule has 0 saturated carbocycles. The molecule has 0 bridgehead atoms. The maximum atomic E-state index is 8.11. The molecule has 0 aromatic carbocycles. The Labute approximate surface area is 48.4 Å².